The third-order valence-electron chi connectivity index (χ3n) is 3.93. The molecule has 2 N–H and O–H groups in total. The molecule has 0 fully saturated rings. The molecule has 0 atom stereocenters. The Morgan fingerprint density at radius 3 is 2.26 bits per heavy atom. The molecule has 0 aliphatic heterocycles. The van der Waals surface area contributed by atoms with Gasteiger partial charge >= 0.3 is 6.09 Å². The van der Waals surface area contributed by atoms with E-state index in [4.69, 9.17) is 21.1 Å². The zero-order valence-electron chi connectivity index (χ0n) is 17.4. The summed E-state index contributed by atoms with van der Waals surface area (Å²) in [5, 5.41) is 5.77. The van der Waals surface area contributed by atoms with Gasteiger partial charge in [0.2, 0.25) is 0 Å². The highest BCUT2D eigenvalue weighted by Crippen LogP contribution is 2.26. The highest BCUT2D eigenvalue weighted by molar-refractivity contribution is 6.31. The van der Waals surface area contributed by atoms with Crippen molar-refractivity contribution in [3.63, 3.8) is 0 Å². The minimum Gasteiger partial charge on any atom is -0.457 e. The number of hydrogen-bond donors (Lipinski definition) is 2. The molecule has 0 unspecified atom stereocenters. The molecular weight excluding hydrogens is 416 g/mol. The van der Waals surface area contributed by atoms with Gasteiger partial charge in [-0.25, -0.2) is 4.79 Å². The average molecular weight is 439 g/mol. The standard InChI is InChI=1S/C24H23ClN2O4/c1-24(2,3)31-23(29)27-21-13-12-16(25)14-20(21)22(28)26-17-8-7-11-19(15-17)30-18-9-5-4-6-10-18/h4-15H,1-3H3,(H,26,28)(H,27,29). The number of benzene rings is 3. The van der Waals surface area contributed by atoms with E-state index in [0.717, 1.165) is 0 Å². The van der Waals surface area contributed by atoms with Gasteiger partial charge in [-0.15, -0.1) is 0 Å². The number of ether oxygens (including phenoxy) is 2. The summed E-state index contributed by atoms with van der Waals surface area (Å²) < 4.78 is 11.1. The van der Waals surface area contributed by atoms with Crippen molar-refractivity contribution in [2.75, 3.05) is 10.6 Å². The van der Waals surface area contributed by atoms with Crippen LogP contribution in [0.3, 0.4) is 0 Å². The zero-order chi connectivity index (χ0) is 22.4. The summed E-state index contributed by atoms with van der Waals surface area (Å²) in [7, 11) is 0. The zero-order valence-corrected chi connectivity index (χ0v) is 18.2. The second kappa shape index (κ2) is 9.53. The van der Waals surface area contributed by atoms with Crippen LogP contribution >= 0.6 is 11.6 Å². The Kier molecular flexibility index (Phi) is 6.82. The van der Waals surface area contributed by atoms with Crippen molar-refractivity contribution in [3.05, 3.63) is 83.4 Å². The van der Waals surface area contributed by atoms with Gasteiger partial charge in [0.1, 0.15) is 17.1 Å². The average Bonchev–Trinajstić information content (AvgIpc) is 2.69. The van der Waals surface area contributed by atoms with Crippen molar-refractivity contribution < 1.29 is 19.1 Å². The number of anilines is 2. The van der Waals surface area contributed by atoms with Crippen LogP contribution in [-0.2, 0) is 4.74 Å². The van der Waals surface area contributed by atoms with E-state index in [2.05, 4.69) is 10.6 Å². The minimum absolute atomic E-state index is 0.202. The maximum Gasteiger partial charge on any atom is 0.412 e. The van der Waals surface area contributed by atoms with Gasteiger partial charge in [-0.05, 0) is 63.2 Å². The fraction of sp³-hybridized carbons (Fsp3) is 0.167. The molecule has 0 spiro atoms. The van der Waals surface area contributed by atoms with Crippen LogP contribution in [0.5, 0.6) is 11.5 Å². The predicted octanol–water partition coefficient (Wildman–Crippen LogP) is 6.73. The normalized spacial score (nSPS) is 10.8. The molecule has 6 nitrogen and oxygen atoms in total. The Labute approximate surface area is 186 Å². The number of para-hydroxylation sites is 1. The second-order valence-electron chi connectivity index (χ2n) is 7.71. The Bertz CT molecular complexity index is 1080. The van der Waals surface area contributed by atoms with Crippen molar-refractivity contribution >= 4 is 35.0 Å². The Morgan fingerprint density at radius 1 is 0.839 bits per heavy atom. The van der Waals surface area contributed by atoms with E-state index in [0.29, 0.717) is 22.2 Å². The topological polar surface area (TPSA) is 76.7 Å². The molecule has 0 saturated carbocycles. The number of amides is 2. The molecule has 3 rings (SSSR count). The van der Waals surface area contributed by atoms with Crippen LogP contribution in [0.2, 0.25) is 5.02 Å². The Balaban J connectivity index is 1.76. The molecule has 0 saturated heterocycles. The van der Waals surface area contributed by atoms with E-state index in [9.17, 15) is 9.59 Å². The molecule has 160 valence electrons. The van der Waals surface area contributed by atoms with Gasteiger partial charge in [0.25, 0.3) is 5.91 Å². The van der Waals surface area contributed by atoms with Crippen LogP contribution in [0.1, 0.15) is 31.1 Å². The van der Waals surface area contributed by atoms with Crippen molar-refractivity contribution in [2.45, 2.75) is 26.4 Å². The number of hydrogen-bond acceptors (Lipinski definition) is 4. The molecule has 3 aromatic carbocycles. The summed E-state index contributed by atoms with van der Waals surface area (Å²) in [6.07, 6.45) is -0.665. The smallest absolute Gasteiger partial charge is 0.412 e. The molecule has 7 heteroatoms. The van der Waals surface area contributed by atoms with Gasteiger partial charge in [0.15, 0.2) is 0 Å². The fourth-order valence-corrected chi connectivity index (χ4v) is 2.86. The molecule has 0 aromatic heterocycles. The second-order valence-corrected chi connectivity index (χ2v) is 8.15. The first-order chi connectivity index (χ1) is 14.7. The highest BCUT2D eigenvalue weighted by Gasteiger charge is 2.19. The molecule has 0 aliphatic rings. The summed E-state index contributed by atoms with van der Waals surface area (Å²) in [5.41, 5.74) is 0.347. The lowest BCUT2D eigenvalue weighted by Gasteiger charge is -2.20. The molecule has 0 aliphatic carbocycles. The van der Waals surface area contributed by atoms with Crippen LogP contribution in [0, 0.1) is 0 Å². The molecular formula is C24H23ClN2O4. The fourth-order valence-electron chi connectivity index (χ4n) is 2.69. The maximum absolute atomic E-state index is 12.9. The van der Waals surface area contributed by atoms with Gasteiger partial charge in [0, 0.05) is 16.8 Å². The lowest BCUT2D eigenvalue weighted by molar-refractivity contribution is 0.0636. The molecule has 31 heavy (non-hydrogen) atoms. The summed E-state index contributed by atoms with van der Waals surface area (Å²) in [5.74, 6) is 0.817. The van der Waals surface area contributed by atoms with E-state index in [1.54, 1.807) is 57.2 Å². The summed E-state index contributed by atoms with van der Waals surface area (Å²) in [6.45, 7) is 5.27. The largest absolute Gasteiger partial charge is 0.457 e. The van der Waals surface area contributed by atoms with Gasteiger partial charge < -0.3 is 14.8 Å². The molecule has 0 radical (unpaired) electrons. The molecule has 0 bridgehead atoms. The van der Waals surface area contributed by atoms with Crippen LogP contribution < -0.4 is 15.4 Å². The third kappa shape index (κ3) is 6.76. The van der Waals surface area contributed by atoms with Crippen LogP contribution in [0.15, 0.2) is 72.8 Å². The Hall–Kier alpha value is -3.51. The van der Waals surface area contributed by atoms with Crippen molar-refractivity contribution in [1.29, 1.82) is 0 Å². The minimum atomic E-state index is -0.669. The van der Waals surface area contributed by atoms with Crippen molar-refractivity contribution in [2.24, 2.45) is 0 Å². The van der Waals surface area contributed by atoms with Gasteiger partial charge in [-0.2, -0.15) is 0 Å². The van der Waals surface area contributed by atoms with Gasteiger partial charge in [-0.3, -0.25) is 10.1 Å². The first-order valence-electron chi connectivity index (χ1n) is 9.63. The Morgan fingerprint density at radius 2 is 1.55 bits per heavy atom. The SMILES string of the molecule is CC(C)(C)OC(=O)Nc1ccc(Cl)cc1C(=O)Nc1cccc(Oc2ccccc2)c1. The molecule has 0 heterocycles. The van der Waals surface area contributed by atoms with E-state index in [1.165, 1.54) is 6.07 Å². The number of nitrogens with one attached hydrogen (secondary N) is 2. The summed E-state index contributed by atoms with van der Waals surface area (Å²) in [4.78, 5) is 25.1. The van der Waals surface area contributed by atoms with Crippen LogP contribution in [0.25, 0.3) is 0 Å². The number of halogens is 1. The van der Waals surface area contributed by atoms with Gasteiger partial charge in [0.05, 0.1) is 11.3 Å². The van der Waals surface area contributed by atoms with Gasteiger partial charge in [-0.1, -0.05) is 35.9 Å². The van der Waals surface area contributed by atoms with Crippen molar-refractivity contribution in [1.82, 2.24) is 0 Å². The highest BCUT2D eigenvalue weighted by atomic mass is 35.5. The van der Waals surface area contributed by atoms with Crippen LogP contribution in [0.4, 0.5) is 16.2 Å². The number of carbonyl (C=O) groups is 2. The first-order valence-corrected chi connectivity index (χ1v) is 10.0. The number of carbonyl (C=O) groups excluding carboxylic acids is 2. The first kappa shape index (κ1) is 22.2. The lowest BCUT2D eigenvalue weighted by Crippen LogP contribution is -2.28. The third-order valence-corrected chi connectivity index (χ3v) is 4.17. The number of rotatable bonds is 5. The lowest BCUT2D eigenvalue weighted by atomic mass is 10.1. The monoisotopic (exact) mass is 438 g/mol. The molecule has 2 amide bonds. The van der Waals surface area contributed by atoms with E-state index >= 15 is 0 Å². The van der Waals surface area contributed by atoms with Crippen LogP contribution in [-0.4, -0.2) is 17.6 Å². The summed E-state index contributed by atoms with van der Waals surface area (Å²) in [6, 6.07) is 20.9. The summed E-state index contributed by atoms with van der Waals surface area (Å²) >= 11 is 6.08. The van der Waals surface area contributed by atoms with E-state index in [-0.39, 0.29) is 11.3 Å². The van der Waals surface area contributed by atoms with E-state index < -0.39 is 17.6 Å². The maximum atomic E-state index is 12.9. The molecule has 3 aromatic rings. The quantitative estimate of drug-likeness (QED) is 0.463. The predicted molar refractivity (Wildman–Crippen MR) is 122 cm³/mol. The van der Waals surface area contributed by atoms with Crippen molar-refractivity contribution in [3.8, 4) is 11.5 Å². The van der Waals surface area contributed by atoms with E-state index in [1.807, 2.05) is 30.3 Å².